The number of furan rings is 1. The Bertz CT molecular complexity index is 580. The highest BCUT2D eigenvalue weighted by atomic mass is 35.5. The third-order valence-electron chi connectivity index (χ3n) is 3.16. The SMILES string of the molecule is CCc1oc2c(NCC(O)CO)cc(Cl)cc2c1C. The van der Waals surface area contributed by atoms with E-state index in [1.54, 1.807) is 6.07 Å². The van der Waals surface area contributed by atoms with Crippen molar-refractivity contribution in [3.63, 3.8) is 0 Å². The van der Waals surface area contributed by atoms with Crippen LogP contribution in [0.2, 0.25) is 5.02 Å². The minimum atomic E-state index is -0.810. The van der Waals surface area contributed by atoms with Crippen LogP contribution in [0.4, 0.5) is 5.69 Å². The number of fused-ring (bicyclic) bond motifs is 1. The van der Waals surface area contributed by atoms with Gasteiger partial charge in [-0.1, -0.05) is 18.5 Å². The molecule has 5 heteroatoms. The van der Waals surface area contributed by atoms with Crippen molar-refractivity contribution in [1.82, 2.24) is 0 Å². The predicted molar refractivity (Wildman–Crippen MR) is 76.9 cm³/mol. The lowest BCUT2D eigenvalue weighted by Gasteiger charge is -2.11. The third kappa shape index (κ3) is 2.86. The molecule has 104 valence electrons. The molecule has 0 spiro atoms. The Morgan fingerprint density at radius 2 is 2.16 bits per heavy atom. The van der Waals surface area contributed by atoms with E-state index >= 15 is 0 Å². The molecule has 1 atom stereocenters. The first-order valence-corrected chi connectivity index (χ1v) is 6.69. The highest BCUT2D eigenvalue weighted by Gasteiger charge is 2.14. The van der Waals surface area contributed by atoms with Crippen molar-refractivity contribution in [1.29, 1.82) is 0 Å². The van der Waals surface area contributed by atoms with E-state index in [0.717, 1.165) is 34.4 Å². The van der Waals surface area contributed by atoms with E-state index in [2.05, 4.69) is 5.32 Å². The topological polar surface area (TPSA) is 65.6 Å². The number of aliphatic hydroxyl groups excluding tert-OH is 2. The van der Waals surface area contributed by atoms with Gasteiger partial charge in [-0.3, -0.25) is 0 Å². The van der Waals surface area contributed by atoms with Crippen molar-refractivity contribution in [2.24, 2.45) is 0 Å². The van der Waals surface area contributed by atoms with E-state index in [0.29, 0.717) is 5.02 Å². The number of aliphatic hydroxyl groups is 2. The quantitative estimate of drug-likeness (QED) is 0.789. The average Bonchev–Trinajstić information content (AvgIpc) is 2.72. The lowest BCUT2D eigenvalue weighted by atomic mass is 10.1. The van der Waals surface area contributed by atoms with E-state index in [9.17, 15) is 5.11 Å². The van der Waals surface area contributed by atoms with E-state index in [1.165, 1.54) is 0 Å². The van der Waals surface area contributed by atoms with Gasteiger partial charge in [0.25, 0.3) is 0 Å². The van der Waals surface area contributed by atoms with Gasteiger partial charge in [0.2, 0.25) is 0 Å². The summed E-state index contributed by atoms with van der Waals surface area (Å²) in [6.45, 7) is 4.00. The van der Waals surface area contributed by atoms with Crippen molar-refractivity contribution in [3.8, 4) is 0 Å². The summed E-state index contributed by atoms with van der Waals surface area (Å²) in [5.41, 5.74) is 2.56. The first-order valence-electron chi connectivity index (χ1n) is 6.31. The summed E-state index contributed by atoms with van der Waals surface area (Å²) in [7, 11) is 0. The predicted octanol–water partition coefficient (Wildman–Crippen LogP) is 2.72. The Hall–Kier alpha value is -1.23. The van der Waals surface area contributed by atoms with Crippen LogP contribution in [0.15, 0.2) is 16.5 Å². The summed E-state index contributed by atoms with van der Waals surface area (Å²) in [6, 6.07) is 3.64. The van der Waals surface area contributed by atoms with Crippen LogP contribution in [0.25, 0.3) is 11.0 Å². The number of hydrogen-bond acceptors (Lipinski definition) is 4. The number of anilines is 1. The highest BCUT2D eigenvalue weighted by molar-refractivity contribution is 6.31. The summed E-state index contributed by atoms with van der Waals surface area (Å²) >= 11 is 6.10. The van der Waals surface area contributed by atoms with E-state index in [-0.39, 0.29) is 13.2 Å². The third-order valence-corrected chi connectivity index (χ3v) is 3.38. The summed E-state index contributed by atoms with van der Waals surface area (Å²) in [4.78, 5) is 0. The molecule has 0 saturated carbocycles. The van der Waals surface area contributed by atoms with Crippen LogP contribution in [0.3, 0.4) is 0 Å². The monoisotopic (exact) mass is 283 g/mol. The first kappa shape index (κ1) is 14.2. The number of aryl methyl sites for hydroxylation is 2. The maximum absolute atomic E-state index is 9.39. The minimum absolute atomic E-state index is 0.243. The largest absolute Gasteiger partial charge is 0.459 e. The summed E-state index contributed by atoms with van der Waals surface area (Å²) in [6.07, 6.45) is 0.00680. The van der Waals surface area contributed by atoms with Gasteiger partial charge in [-0.25, -0.2) is 0 Å². The second-order valence-electron chi connectivity index (χ2n) is 4.55. The van der Waals surface area contributed by atoms with Gasteiger partial charge in [0.05, 0.1) is 18.4 Å². The fraction of sp³-hybridized carbons (Fsp3) is 0.429. The number of nitrogens with one attached hydrogen (secondary N) is 1. The zero-order chi connectivity index (χ0) is 14.0. The fourth-order valence-electron chi connectivity index (χ4n) is 2.09. The molecule has 1 unspecified atom stereocenters. The molecule has 0 fully saturated rings. The fourth-order valence-corrected chi connectivity index (χ4v) is 2.31. The van der Waals surface area contributed by atoms with Crippen LogP contribution in [-0.4, -0.2) is 29.5 Å². The molecule has 1 aromatic heterocycles. The molecule has 2 rings (SSSR count). The Morgan fingerprint density at radius 3 is 2.79 bits per heavy atom. The molecule has 0 aliphatic heterocycles. The van der Waals surface area contributed by atoms with Crippen molar-refractivity contribution in [3.05, 3.63) is 28.5 Å². The van der Waals surface area contributed by atoms with Crippen LogP contribution in [0, 0.1) is 6.92 Å². The smallest absolute Gasteiger partial charge is 0.157 e. The Morgan fingerprint density at radius 1 is 1.42 bits per heavy atom. The van der Waals surface area contributed by atoms with Crippen molar-refractivity contribution in [2.45, 2.75) is 26.4 Å². The number of halogens is 1. The molecule has 1 aromatic carbocycles. The molecular weight excluding hydrogens is 266 g/mol. The van der Waals surface area contributed by atoms with Gasteiger partial charge in [0, 0.05) is 23.4 Å². The summed E-state index contributed by atoms with van der Waals surface area (Å²) in [5.74, 6) is 0.933. The van der Waals surface area contributed by atoms with Crippen LogP contribution in [-0.2, 0) is 6.42 Å². The van der Waals surface area contributed by atoms with Crippen molar-refractivity contribution < 1.29 is 14.6 Å². The van der Waals surface area contributed by atoms with Gasteiger partial charge in [0.1, 0.15) is 5.76 Å². The molecule has 0 amide bonds. The van der Waals surface area contributed by atoms with Gasteiger partial charge in [-0.2, -0.15) is 0 Å². The zero-order valence-electron chi connectivity index (χ0n) is 11.0. The second-order valence-corrected chi connectivity index (χ2v) is 4.99. The molecule has 19 heavy (non-hydrogen) atoms. The van der Waals surface area contributed by atoms with E-state index in [1.807, 2.05) is 19.9 Å². The molecule has 3 N–H and O–H groups in total. The van der Waals surface area contributed by atoms with Crippen LogP contribution >= 0.6 is 11.6 Å². The molecule has 2 aromatic rings. The molecular formula is C14H18ClNO3. The molecule has 0 radical (unpaired) electrons. The molecule has 4 nitrogen and oxygen atoms in total. The van der Waals surface area contributed by atoms with Gasteiger partial charge in [0.15, 0.2) is 5.58 Å². The van der Waals surface area contributed by atoms with Crippen LogP contribution < -0.4 is 5.32 Å². The second kappa shape index (κ2) is 5.82. The minimum Gasteiger partial charge on any atom is -0.459 e. The molecule has 0 saturated heterocycles. The standard InChI is InChI=1S/C14H18ClNO3/c1-3-13-8(2)11-4-9(15)5-12(14(11)19-13)16-6-10(18)7-17/h4-5,10,16-18H,3,6-7H2,1-2H3. The molecule has 0 aliphatic rings. The lowest BCUT2D eigenvalue weighted by molar-refractivity contribution is 0.105. The summed E-state index contributed by atoms with van der Waals surface area (Å²) < 4.78 is 5.83. The Labute approximate surface area is 117 Å². The summed E-state index contributed by atoms with van der Waals surface area (Å²) in [5, 5.41) is 22.9. The lowest BCUT2D eigenvalue weighted by Crippen LogP contribution is -2.22. The normalized spacial score (nSPS) is 12.9. The maximum Gasteiger partial charge on any atom is 0.157 e. The van der Waals surface area contributed by atoms with Gasteiger partial charge in [-0.05, 0) is 24.6 Å². The average molecular weight is 284 g/mol. The van der Waals surface area contributed by atoms with Crippen LogP contribution in [0.5, 0.6) is 0 Å². The molecule has 0 bridgehead atoms. The Balaban J connectivity index is 2.42. The number of rotatable bonds is 5. The van der Waals surface area contributed by atoms with E-state index in [4.69, 9.17) is 21.1 Å². The Kier molecular flexibility index (Phi) is 4.34. The van der Waals surface area contributed by atoms with Gasteiger partial charge in [-0.15, -0.1) is 0 Å². The molecule has 1 heterocycles. The molecule has 0 aliphatic carbocycles. The van der Waals surface area contributed by atoms with Crippen molar-refractivity contribution >= 4 is 28.3 Å². The van der Waals surface area contributed by atoms with Gasteiger partial charge >= 0.3 is 0 Å². The van der Waals surface area contributed by atoms with Gasteiger partial charge < -0.3 is 19.9 Å². The number of hydrogen-bond donors (Lipinski definition) is 3. The van der Waals surface area contributed by atoms with Crippen molar-refractivity contribution in [2.75, 3.05) is 18.5 Å². The van der Waals surface area contributed by atoms with Crippen LogP contribution in [0.1, 0.15) is 18.2 Å². The first-order chi connectivity index (χ1) is 9.06. The maximum atomic E-state index is 9.39. The zero-order valence-corrected chi connectivity index (χ0v) is 11.8. The number of benzene rings is 1. The highest BCUT2D eigenvalue weighted by Crippen LogP contribution is 2.34. The van der Waals surface area contributed by atoms with E-state index < -0.39 is 6.10 Å².